The van der Waals surface area contributed by atoms with Gasteiger partial charge >= 0.3 is 5.97 Å². The number of carboxylic acids is 1. The molecule has 4 heteroatoms. The van der Waals surface area contributed by atoms with Crippen molar-refractivity contribution in [1.82, 2.24) is 4.90 Å². The molecule has 0 fully saturated rings. The molecule has 88 valence electrons. The zero-order valence-corrected chi connectivity index (χ0v) is 9.61. The van der Waals surface area contributed by atoms with Gasteiger partial charge in [0.15, 0.2) is 0 Å². The highest BCUT2D eigenvalue weighted by molar-refractivity contribution is 5.76. The molecule has 1 atom stereocenters. The molecule has 0 aliphatic rings. The number of rotatable bonds is 9. The molecule has 1 N–H and O–H groups in total. The first-order valence-corrected chi connectivity index (χ1v) is 5.61. The van der Waals surface area contributed by atoms with Crippen LogP contribution in [0.2, 0.25) is 0 Å². The van der Waals surface area contributed by atoms with Gasteiger partial charge in [0.2, 0.25) is 6.41 Å². The predicted octanol–water partition coefficient (Wildman–Crippen LogP) is 1.89. The van der Waals surface area contributed by atoms with E-state index in [-0.39, 0.29) is 0 Å². The summed E-state index contributed by atoms with van der Waals surface area (Å²) in [5.74, 6) is -0.897. The molecular formula is C11H21NO3. The molecule has 15 heavy (non-hydrogen) atoms. The molecule has 0 aliphatic heterocycles. The topological polar surface area (TPSA) is 57.6 Å². The minimum absolute atomic E-state index is 0.520. The Hall–Kier alpha value is -1.06. The van der Waals surface area contributed by atoms with Crippen LogP contribution in [-0.2, 0) is 9.59 Å². The third kappa shape index (κ3) is 5.40. The molecule has 0 aromatic heterocycles. The van der Waals surface area contributed by atoms with Crippen LogP contribution in [0.5, 0.6) is 0 Å². The van der Waals surface area contributed by atoms with Crippen LogP contribution >= 0.6 is 0 Å². The third-order valence-electron chi connectivity index (χ3n) is 2.38. The number of unbranched alkanes of at least 4 members (excludes halogenated alkanes) is 2. The van der Waals surface area contributed by atoms with Crippen molar-refractivity contribution in [2.24, 2.45) is 0 Å². The van der Waals surface area contributed by atoms with Crippen LogP contribution < -0.4 is 0 Å². The van der Waals surface area contributed by atoms with E-state index in [9.17, 15) is 9.59 Å². The fraction of sp³-hybridized carbons (Fsp3) is 0.818. The molecule has 0 aliphatic carbocycles. The van der Waals surface area contributed by atoms with Crippen molar-refractivity contribution in [1.29, 1.82) is 0 Å². The van der Waals surface area contributed by atoms with Crippen LogP contribution in [0.1, 0.15) is 46.0 Å². The monoisotopic (exact) mass is 215 g/mol. The minimum Gasteiger partial charge on any atom is -0.480 e. The molecule has 0 heterocycles. The van der Waals surface area contributed by atoms with Crippen LogP contribution in [0, 0.1) is 0 Å². The lowest BCUT2D eigenvalue weighted by molar-refractivity contribution is -0.146. The Labute approximate surface area is 91.3 Å². The highest BCUT2D eigenvalue weighted by Crippen LogP contribution is 2.09. The summed E-state index contributed by atoms with van der Waals surface area (Å²) in [4.78, 5) is 23.1. The summed E-state index contributed by atoms with van der Waals surface area (Å²) in [5, 5.41) is 9.00. The van der Waals surface area contributed by atoms with Crippen molar-refractivity contribution in [3.8, 4) is 0 Å². The first-order valence-electron chi connectivity index (χ1n) is 5.61. The largest absolute Gasteiger partial charge is 0.480 e. The molecule has 0 spiro atoms. The Bertz CT molecular complexity index is 194. The maximum Gasteiger partial charge on any atom is 0.326 e. The number of hydrogen-bond donors (Lipinski definition) is 1. The van der Waals surface area contributed by atoms with Crippen LogP contribution in [0.25, 0.3) is 0 Å². The molecule has 1 amide bonds. The first kappa shape index (κ1) is 13.9. The van der Waals surface area contributed by atoms with Crippen molar-refractivity contribution in [3.05, 3.63) is 0 Å². The summed E-state index contributed by atoms with van der Waals surface area (Å²) in [6.07, 6.45) is 4.93. The Kier molecular flexibility index (Phi) is 7.68. The summed E-state index contributed by atoms with van der Waals surface area (Å²) in [6.45, 7) is 4.52. The molecule has 0 bridgehead atoms. The maximum atomic E-state index is 11.0. The van der Waals surface area contributed by atoms with Gasteiger partial charge in [0.1, 0.15) is 6.04 Å². The van der Waals surface area contributed by atoms with Gasteiger partial charge in [-0.05, 0) is 12.8 Å². The Morgan fingerprint density at radius 2 is 2.00 bits per heavy atom. The summed E-state index contributed by atoms with van der Waals surface area (Å²) in [7, 11) is 0. The van der Waals surface area contributed by atoms with E-state index in [1.807, 2.05) is 6.92 Å². The normalized spacial score (nSPS) is 12.1. The van der Waals surface area contributed by atoms with Gasteiger partial charge in [0.05, 0.1) is 0 Å². The fourth-order valence-electron chi connectivity index (χ4n) is 1.56. The van der Waals surface area contributed by atoms with Crippen molar-refractivity contribution in [2.45, 2.75) is 52.0 Å². The van der Waals surface area contributed by atoms with Gasteiger partial charge in [-0.3, -0.25) is 4.79 Å². The van der Waals surface area contributed by atoms with E-state index in [1.165, 1.54) is 4.90 Å². The lowest BCUT2D eigenvalue weighted by Crippen LogP contribution is -2.40. The Morgan fingerprint density at radius 3 is 2.40 bits per heavy atom. The highest BCUT2D eigenvalue weighted by atomic mass is 16.4. The molecule has 0 aromatic carbocycles. The van der Waals surface area contributed by atoms with E-state index in [1.54, 1.807) is 0 Å². The smallest absolute Gasteiger partial charge is 0.326 e. The van der Waals surface area contributed by atoms with Gasteiger partial charge in [-0.25, -0.2) is 4.79 Å². The second-order valence-corrected chi connectivity index (χ2v) is 3.69. The molecule has 0 saturated heterocycles. The van der Waals surface area contributed by atoms with Gasteiger partial charge in [0.25, 0.3) is 0 Å². The van der Waals surface area contributed by atoms with Crippen LogP contribution in [-0.4, -0.2) is 35.0 Å². The van der Waals surface area contributed by atoms with Gasteiger partial charge < -0.3 is 10.0 Å². The van der Waals surface area contributed by atoms with Gasteiger partial charge in [0, 0.05) is 6.54 Å². The SMILES string of the molecule is CCCCCC(C(=O)O)N(C=O)CCC. The second kappa shape index (κ2) is 8.26. The molecule has 4 nitrogen and oxygen atoms in total. The van der Waals surface area contributed by atoms with E-state index in [2.05, 4.69) is 6.92 Å². The maximum absolute atomic E-state index is 11.0. The van der Waals surface area contributed by atoms with Crippen LogP contribution in [0.4, 0.5) is 0 Å². The number of amides is 1. The summed E-state index contributed by atoms with van der Waals surface area (Å²) >= 11 is 0. The van der Waals surface area contributed by atoms with Gasteiger partial charge in [-0.2, -0.15) is 0 Å². The van der Waals surface area contributed by atoms with Crippen molar-refractivity contribution in [3.63, 3.8) is 0 Å². The highest BCUT2D eigenvalue weighted by Gasteiger charge is 2.22. The number of carbonyl (C=O) groups excluding carboxylic acids is 1. The predicted molar refractivity (Wildman–Crippen MR) is 58.6 cm³/mol. The van der Waals surface area contributed by atoms with E-state index >= 15 is 0 Å². The Morgan fingerprint density at radius 1 is 1.33 bits per heavy atom. The van der Waals surface area contributed by atoms with E-state index in [0.717, 1.165) is 25.7 Å². The number of carbonyl (C=O) groups is 2. The van der Waals surface area contributed by atoms with Crippen LogP contribution in [0.3, 0.4) is 0 Å². The van der Waals surface area contributed by atoms with Crippen molar-refractivity contribution >= 4 is 12.4 Å². The number of carboxylic acid groups (broad SMARTS) is 1. The molecular weight excluding hydrogens is 194 g/mol. The molecule has 0 aromatic rings. The van der Waals surface area contributed by atoms with Crippen molar-refractivity contribution < 1.29 is 14.7 Å². The quantitative estimate of drug-likeness (QED) is 0.472. The third-order valence-corrected chi connectivity index (χ3v) is 2.38. The first-order chi connectivity index (χ1) is 7.17. The molecule has 0 rings (SSSR count). The number of hydrogen-bond acceptors (Lipinski definition) is 2. The van der Waals surface area contributed by atoms with E-state index < -0.39 is 12.0 Å². The molecule has 0 saturated carbocycles. The van der Waals surface area contributed by atoms with E-state index in [4.69, 9.17) is 5.11 Å². The fourth-order valence-corrected chi connectivity index (χ4v) is 1.56. The summed E-state index contributed by atoms with van der Waals surface area (Å²) in [6, 6.07) is -0.644. The standard InChI is InChI=1S/C11H21NO3/c1-3-5-6-7-10(11(14)15)12(9-13)8-4-2/h9-10H,3-8H2,1-2H3,(H,14,15). The minimum atomic E-state index is -0.897. The van der Waals surface area contributed by atoms with Crippen LogP contribution in [0.15, 0.2) is 0 Å². The van der Waals surface area contributed by atoms with Crippen molar-refractivity contribution in [2.75, 3.05) is 6.54 Å². The van der Waals surface area contributed by atoms with Gasteiger partial charge in [-0.15, -0.1) is 0 Å². The average Bonchev–Trinajstić information content (AvgIpc) is 2.21. The Balaban J connectivity index is 4.21. The van der Waals surface area contributed by atoms with E-state index in [0.29, 0.717) is 19.4 Å². The zero-order valence-electron chi connectivity index (χ0n) is 9.61. The summed E-state index contributed by atoms with van der Waals surface area (Å²) < 4.78 is 0. The molecule has 1 unspecified atom stereocenters. The molecule has 0 radical (unpaired) electrons. The lowest BCUT2D eigenvalue weighted by atomic mass is 10.1. The number of aliphatic carboxylic acids is 1. The lowest BCUT2D eigenvalue weighted by Gasteiger charge is -2.24. The van der Waals surface area contributed by atoms with Gasteiger partial charge in [-0.1, -0.05) is 33.1 Å². The zero-order chi connectivity index (χ0) is 11.7. The average molecular weight is 215 g/mol. The summed E-state index contributed by atoms with van der Waals surface area (Å²) in [5.41, 5.74) is 0. The second-order valence-electron chi connectivity index (χ2n) is 3.69. The number of nitrogens with zero attached hydrogens (tertiary/aromatic N) is 1.